The van der Waals surface area contributed by atoms with Crippen LogP contribution in [0.15, 0.2) is 46.9 Å². The molecule has 0 heterocycles. The van der Waals surface area contributed by atoms with Crippen LogP contribution in [0.4, 0.5) is 4.39 Å². The molecular formula is C18H16BrFO4. The van der Waals surface area contributed by atoms with Crippen LogP contribution in [0.3, 0.4) is 0 Å². The van der Waals surface area contributed by atoms with Gasteiger partial charge in [0, 0.05) is 4.47 Å². The standard InChI is InChI=1S/C18H16BrFO4/c1-3-4-12-5-7-16(17(9-12)22-2)23-11-18(21)24-15-8-6-13(19)10-14(15)20/h3-10H,11H2,1-2H3/b4-3+. The van der Waals surface area contributed by atoms with Crippen molar-refractivity contribution >= 4 is 28.0 Å². The Bertz CT molecular complexity index is 759. The zero-order valence-electron chi connectivity index (χ0n) is 13.2. The lowest BCUT2D eigenvalue weighted by molar-refractivity contribution is -0.136. The molecule has 0 N–H and O–H groups in total. The Balaban J connectivity index is 2.01. The highest BCUT2D eigenvalue weighted by atomic mass is 79.9. The lowest BCUT2D eigenvalue weighted by atomic mass is 10.2. The number of benzene rings is 2. The summed E-state index contributed by atoms with van der Waals surface area (Å²) in [5.41, 5.74) is 0.946. The maximum absolute atomic E-state index is 13.6. The quantitative estimate of drug-likeness (QED) is 0.529. The minimum atomic E-state index is -0.712. The molecule has 0 fully saturated rings. The number of halogens is 2. The van der Waals surface area contributed by atoms with Gasteiger partial charge in [0.05, 0.1) is 7.11 Å². The third-order valence-electron chi connectivity index (χ3n) is 3.01. The van der Waals surface area contributed by atoms with E-state index in [1.165, 1.54) is 19.2 Å². The largest absolute Gasteiger partial charge is 0.493 e. The number of carbonyl (C=O) groups excluding carboxylic acids is 1. The third-order valence-corrected chi connectivity index (χ3v) is 3.50. The molecule has 0 saturated carbocycles. The van der Waals surface area contributed by atoms with Crippen molar-refractivity contribution < 1.29 is 23.4 Å². The van der Waals surface area contributed by atoms with Gasteiger partial charge >= 0.3 is 5.97 Å². The van der Waals surface area contributed by atoms with E-state index in [2.05, 4.69) is 15.9 Å². The highest BCUT2D eigenvalue weighted by molar-refractivity contribution is 9.10. The van der Waals surface area contributed by atoms with Gasteiger partial charge in [0.2, 0.25) is 0 Å². The second kappa shape index (κ2) is 8.49. The van der Waals surface area contributed by atoms with Crippen molar-refractivity contribution in [2.75, 3.05) is 13.7 Å². The number of methoxy groups -OCH3 is 1. The fourth-order valence-corrected chi connectivity index (χ4v) is 2.28. The number of allylic oxidation sites excluding steroid dienone is 1. The molecule has 0 aliphatic rings. The van der Waals surface area contributed by atoms with E-state index in [1.807, 2.05) is 25.1 Å². The van der Waals surface area contributed by atoms with Gasteiger partial charge in [0.1, 0.15) is 0 Å². The SMILES string of the molecule is C/C=C/c1ccc(OCC(=O)Oc2ccc(Br)cc2F)c(OC)c1. The molecule has 0 radical (unpaired) electrons. The van der Waals surface area contributed by atoms with Crippen LogP contribution in [0.25, 0.3) is 6.08 Å². The smallest absolute Gasteiger partial charge is 0.349 e. The predicted octanol–water partition coefficient (Wildman–Crippen LogP) is 4.61. The summed E-state index contributed by atoms with van der Waals surface area (Å²) in [6, 6.07) is 9.47. The minimum absolute atomic E-state index is 0.151. The van der Waals surface area contributed by atoms with Crippen molar-refractivity contribution in [3.63, 3.8) is 0 Å². The van der Waals surface area contributed by atoms with E-state index in [4.69, 9.17) is 14.2 Å². The van der Waals surface area contributed by atoms with Gasteiger partial charge < -0.3 is 14.2 Å². The first kappa shape index (κ1) is 18.0. The summed E-state index contributed by atoms with van der Waals surface area (Å²) in [6.07, 6.45) is 3.82. The highest BCUT2D eigenvalue weighted by Crippen LogP contribution is 2.28. The lowest BCUT2D eigenvalue weighted by Crippen LogP contribution is -2.18. The summed E-state index contributed by atoms with van der Waals surface area (Å²) in [7, 11) is 1.51. The molecule has 0 bridgehead atoms. The van der Waals surface area contributed by atoms with Crippen LogP contribution in [0, 0.1) is 5.82 Å². The molecular weight excluding hydrogens is 379 g/mol. The fourth-order valence-electron chi connectivity index (χ4n) is 1.95. The normalized spacial score (nSPS) is 10.7. The van der Waals surface area contributed by atoms with E-state index >= 15 is 0 Å². The average molecular weight is 395 g/mol. The molecule has 0 unspecified atom stereocenters. The molecule has 6 heteroatoms. The molecule has 0 aliphatic heterocycles. The topological polar surface area (TPSA) is 44.8 Å². The van der Waals surface area contributed by atoms with Gasteiger partial charge in [-0.15, -0.1) is 0 Å². The van der Waals surface area contributed by atoms with Gasteiger partial charge in [-0.1, -0.05) is 34.1 Å². The number of rotatable bonds is 6. The molecule has 0 aromatic heterocycles. The second-order valence-electron chi connectivity index (χ2n) is 4.75. The minimum Gasteiger partial charge on any atom is -0.493 e. The molecule has 2 rings (SSSR count). The highest BCUT2D eigenvalue weighted by Gasteiger charge is 2.12. The Morgan fingerprint density at radius 3 is 2.58 bits per heavy atom. The Morgan fingerprint density at radius 2 is 1.92 bits per heavy atom. The van der Waals surface area contributed by atoms with E-state index in [-0.39, 0.29) is 12.4 Å². The van der Waals surface area contributed by atoms with E-state index in [0.717, 1.165) is 5.56 Å². The maximum Gasteiger partial charge on any atom is 0.349 e. The van der Waals surface area contributed by atoms with Crippen molar-refractivity contribution in [2.45, 2.75) is 6.92 Å². The monoisotopic (exact) mass is 394 g/mol. The van der Waals surface area contributed by atoms with E-state index in [1.54, 1.807) is 18.2 Å². The van der Waals surface area contributed by atoms with Crippen molar-refractivity contribution in [3.8, 4) is 17.2 Å². The molecule has 0 saturated heterocycles. The molecule has 0 spiro atoms. The lowest BCUT2D eigenvalue weighted by Gasteiger charge is -2.11. The second-order valence-corrected chi connectivity index (χ2v) is 5.66. The van der Waals surface area contributed by atoms with Crippen LogP contribution in [0.5, 0.6) is 17.2 Å². The number of carbonyl (C=O) groups is 1. The zero-order valence-corrected chi connectivity index (χ0v) is 14.8. The summed E-state index contributed by atoms with van der Waals surface area (Å²) < 4.78 is 29.8. The number of esters is 1. The Hall–Kier alpha value is -2.34. The van der Waals surface area contributed by atoms with Gasteiger partial charge in [-0.2, -0.15) is 0 Å². The van der Waals surface area contributed by atoms with Crippen LogP contribution in [-0.2, 0) is 4.79 Å². The Kier molecular flexibility index (Phi) is 6.37. The molecule has 2 aromatic carbocycles. The Labute approximate surface area is 148 Å². The van der Waals surface area contributed by atoms with Crippen molar-refractivity contribution in [1.82, 2.24) is 0 Å². The first-order chi connectivity index (χ1) is 11.5. The average Bonchev–Trinajstić information content (AvgIpc) is 2.56. The molecule has 24 heavy (non-hydrogen) atoms. The molecule has 4 nitrogen and oxygen atoms in total. The van der Waals surface area contributed by atoms with Gasteiger partial charge in [-0.25, -0.2) is 9.18 Å². The van der Waals surface area contributed by atoms with Gasteiger partial charge in [0.25, 0.3) is 0 Å². The van der Waals surface area contributed by atoms with E-state index < -0.39 is 11.8 Å². The van der Waals surface area contributed by atoms with Gasteiger partial charge in [0.15, 0.2) is 29.7 Å². The summed E-state index contributed by atoms with van der Waals surface area (Å²) in [5.74, 6) is -0.601. The molecule has 2 aromatic rings. The zero-order chi connectivity index (χ0) is 17.5. The van der Waals surface area contributed by atoms with Crippen LogP contribution >= 0.6 is 15.9 Å². The van der Waals surface area contributed by atoms with Crippen LogP contribution in [0.2, 0.25) is 0 Å². The predicted molar refractivity (Wildman–Crippen MR) is 92.9 cm³/mol. The first-order valence-corrected chi connectivity index (χ1v) is 7.92. The first-order valence-electron chi connectivity index (χ1n) is 7.12. The van der Waals surface area contributed by atoms with Crippen molar-refractivity contribution in [2.24, 2.45) is 0 Å². The summed E-state index contributed by atoms with van der Waals surface area (Å²) in [6.45, 7) is 1.54. The van der Waals surface area contributed by atoms with Gasteiger partial charge in [-0.05, 0) is 42.8 Å². The third kappa shape index (κ3) is 4.83. The molecule has 126 valence electrons. The Morgan fingerprint density at radius 1 is 1.17 bits per heavy atom. The van der Waals surface area contributed by atoms with E-state index in [0.29, 0.717) is 16.0 Å². The summed E-state index contributed by atoms with van der Waals surface area (Å²) in [5, 5.41) is 0. The number of hydrogen-bond acceptors (Lipinski definition) is 4. The van der Waals surface area contributed by atoms with Gasteiger partial charge in [-0.3, -0.25) is 0 Å². The summed E-state index contributed by atoms with van der Waals surface area (Å²) in [4.78, 5) is 11.8. The maximum atomic E-state index is 13.6. The van der Waals surface area contributed by atoms with E-state index in [9.17, 15) is 9.18 Å². The van der Waals surface area contributed by atoms with Crippen LogP contribution in [0.1, 0.15) is 12.5 Å². The number of hydrogen-bond donors (Lipinski definition) is 0. The van der Waals surface area contributed by atoms with Crippen LogP contribution < -0.4 is 14.2 Å². The molecule has 0 atom stereocenters. The summed E-state index contributed by atoms with van der Waals surface area (Å²) >= 11 is 3.13. The molecule has 0 aliphatic carbocycles. The fraction of sp³-hybridized carbons (Fsp3) is 0.167. The van der Waals surface area contributed by atoms with Crippen molar-refractivity contribution in [1.29, 1.82) is 0 Å². The van der Waals surface area contributed by atoms with Crippen LogP contribution in [-0.4, -0.2) is 19.7 Å². The van der Waals surface area contributed by atoms with Crippen molar-refractivity contribution in [3.05, 3.63) is 58.3 Å². The number of ether oxygens (including phenoxy) is 3. The molecule has 0 amide bonds.